The molecule has 0 saturated heterocycles. The summed E-state index contributed by atoms with van der Waals surface area (Å²) in [7, 11) is 1.49. The van der Waals surface area contributed by atoms with Crippen LogP contribution >= 0.6 is 0 Å². The van der Waals surface area contributed by atoms with Gasteiger partial charge in [-0.15, -0.1) is 0 Å². The molecule has 7 heteroatoms. The van der Waals surface area contributed by atoms with Crippen LogP contribution in [0.4, 0.5) is 18.9 Å². The van der Waals surface area contributed by atoms with Crippen molar-refractivity contribution in [3.05, 3.63) is 119 Å². The van der Waals surface area contributed by atoms with E-state index in [0.29, 0.717) is 24.1 Å². The van der Waals surface area contributed by atoms with Crippen LogP contribution in [0.25, 0.3) is 22.0 Å². The van der Waals surface area contributed by atoms with Crippen LogP contribution in [0.2, 0.25) is 0 Å². The molecule has 4 aromatic carbocycles. The van der Waals surface area contributed by atoms with E-state index >= 15 is 0 Å². The molecule has 1 heterocycles. The molecule has 0 unspecified atom stereocenters. The molecule has 0 bridgehead atoms. The number of fused-ring (bicyclic) bond motifs is 1. The van der Waals surface area contributed by atoms with Crippen LogP contribution in [0, 0.1) is 0 Å². The van der Waals surface area contributed by atoms with Crippen molar-refractivity contribution in [2.45, 2.75) is 19.1 Å². The van der Waals surface area contributed by atoms with Gasteiger partial charge in [-0.25, -0.2) is 0 Å². The summed E-state index contributed by atoms with van der Waals surface area (Å²) < 4.78 is 46.6. The van der Waals surface area contributed by atoms with Crippen molar-refractivity contribution in [3.8, 4) is 22.6 Å². The molecule has 1 aromatic heterocycles. The van der Waals surface area contributed by atoms with Crippen LogP contribution in [0.1, 0.15) is 22.3 Å². The second kappa shape index (κ2) is 10.5. The Kier molecular flexibility index (Phi) is 6.92. The van der Waals surface area contributed by atoms with Crippen molar-refractivity contribution >= 4 is 16.6 Å². The number of ether oxygens (including phenoxy) is 1. The van der Waals surface area contributed by atoms with E-state index in [0.717, 1.165) is 39.6 Å². The Hall–Kier alpha value is -4.52. The van der Waals surface area contributed by atoms with Crippen LogP contribution in [0.5, 0.6) is 11.5 Å². The van der Waals surface area contributed by atoms with Gasteiger partial charge in [-0.3, -0.25) is 4.98 Å². The molecule has 5 aromatic rings. The summed E-state index contributed by atoms with van der Waals surface area (Å²) in [4.78, 5) is 4.28. The molecule has 0 atom stereocenters. The maximum atomic E-state index is 13.8. The first kappa shape index (κ1) is 25.1. The number of nitrogens with one attached hydrogen (secondary N) is 1. The van der Waals surface area contributed by atoms with E-state index in [1.807, 2.05) is 60.7 Å². The lowest BCUT2D eigenvalue weighted by Gasteiger charge is -2.17. The van der Waals surface area contributed by atoms with Crippen molar-refractivity contribution in [1.82, 2.24) is 4.98 Å². The Labute approximate surface area is 218 Å². The molecular weight excluding hydrogens is 489 g/mol. The highest BCUT2D eigenvalue weighted by Crippen LogP contribution is 2.39. The fraction of sp³-hybridized carbons (Fsp3) is 0.129. The maximum Gasteiger partial charge on any atom is 0.418 e. The van der Waals surface area contributed by atoms with Crippen LogP contribution in [0.3, 0.4) is 0 Å². The van der Waals surface area contributed by atoms with Crippen molar-refractivity contribution in [1.29, 1.82) is 0 Å². The summed E-state index contributed by atoms with van der Waals surface area (Å²) in [5.74, 6) is 0.444. The normalized spacial score (nSPS) is 11.5. The fourth-order valence-electron chi connectivity index (χ4n) is 4.62. The molecule has 2 N–H and O–H groups in total. The molecule has 192 valence electrons. The van der Waals surface area contributed by atoms with Crippen molar-refractivity contribution < 1.29 is 23.0 Å². The smallest absolute Gasteiger partial charge is 0.418 e. The largest absolute Gasteiger partial charge is 0.504 e. The van der Waals surface area contributed by atoms with Gasteiger partial charge < -0.3 is 15.2 Å². The number of hydrogen-bond donors (Lipinski definition) is 2. The van der Waals surface area contributed by atoms with Gasteiger partial charge in [0.25, 0.3) is 0 Å². The first-order valence-electron chi connectivity index (χ1n) is 12.1. The molecule has 0 spiro atoms. The minimum atomic E-state index is -4.52. The summed E-state index contributed by atoms with van der Waals surface area (Å²) in [6, 6.07) is 26.7. The topological polar surface area (TPSA) is 54.4 Å². The van der Waals surface area contributed by atoms with Gasteiger partial charge in [-0.1, -0.05) is 60.7 Å². The zero-order chi connectivity index (χ0) is 26.7. The fourth-order valence-corrected chi connectivity index (χ4v) is 4.62. The van der Waals surface area contributed by atoms with Crippen LogP contribution in [0.15, 0.2) is 97.2 Å². The predicted molar refractivity (Wildman–Crippen MR) is 143 cm³/mol. The lowest BCUT2D eigenvalue weighted by Crippen LogP contribution is -2.07. The summed E-state index contributed by atoms with van der Waals surface area (Å²) >= 11 is 0. The molecule has 0 amide bonds. The van der Waals surface area contributed by atoms with E-state index in [-0.39, 0.29) is 11.3 Å². The highest BCUT2D eigenvalue weighted by Gasteiger charge is 2.33. The van der Waals surface area contributed by atoms with Crippen molar-refractivity contribution in [3.63, 3.8) is 0 Å². The molecule has 5 rings (SSSR count). The molecule has 0 saturated carbocycles. The third-order valence-corrected chi connectivity index (χ3v) is 6.41. The number of para-hydroxylation sites is 1. The van der Waals surface area contributed by atoms with Gasteiger partial charge in [-0.2, -0.15) is 13.2 Å². The lowest BCUT2D eigenvalue weighted by atomic mass is 9.91. The number of benzene rings is 4. The number of hydrogen-bond acceptors (Lipinski definition) is 4. The number of phenols is 1. The standard InChI is InChI=1S/C31H25F3N2O2/c1-38-28-14-13-21(16-27(28)37)18-35-24-10-5-9-22(17-24)29-23(15-20-7-3-2-4-8-20)19-36-30-25(29)11-6-12-26(30)31(32,33)34/h2-14,16-17,19,35,37H,15,18H2,1H3. The van der Waals surface area contributed by atoms with E-state index < -0.39 is 11.7 Å². The third-order valence-electron chi connectivity index (χ3n) is 6.41. The number of anilines is 1. The number of aromatic hydroxyl groups is 1. The maximum absolute atomic E-state index is 13.8. The Balaban J connectivity index is 1.57. The van der Waals surface area contributed by atoms with Gasteiger partial charge in [0.1, 0.15) is 0 Å². The van der Waals surface area contributed by atoms with Crippen LogP contribution < -0.4 is 10.1 Å². The molecule has 0 aliphatic heterocycles. The van der Waals surface area contributed by atoms with E-state index in [4.69, 9.17) is 4.74 Å². The Morgan fingerprint density at radius 1 is 0.868 bits per heavy atom. The summed E-state index contributed by atoms with van der Waals surface area (Å²) in [5, 5.41) is 13.9. The molecule has 0 fully saturated rings. The highest BCUT2D eigenvalue weighted by molar-refractivity contribution is 5.98. The van der Waals surface area contributed by atoms with E-state index in [9.17, 15) is 18.3 Å². The molecular formula is C31H25F3N2O2. The Morgan fingerprint density at radius 2 is 1.66 bits per heavy atom. The number of halogens is 3. The quantitative estimate of drug-likeness (QED) is 0.232. The SMILES string of the molecule is COc1ccc(CNc2cccc(-c3c(Cc4ccccc4)cnc4c(C(F)(F)F)cccc34)c2)cc1O. The third kappa shape index (κ3) is 5.27. The van der Waals surface area contributed by atoms with Gasteiger partial charge in [0.15, 0.2) is 11.5 Å². The van der Waals surface area contributed by atoms with Crippen LogP contribution in [-0.4, -0.2) is 17.2 Å². The zero-order valence-corrected chi connectivity index (χ0v) is 20.6. The summed E-state index contributed by atoms with van der Waals surface area (Å²) in [6.45, 7) is 0.438. The second-order valence-corrected chi connectivity index (χ2v) is 8.96. The molecule has 0 radical (unpaired) electrons. The average molecular weight is 515 g/mol. The van der Waals surface area contributed by atoms with Gasteiger partial charge >= 0.3 is 6.18 Å². The molecule has 4 nitrogen and oxygen atoms in total. The van der Waals surface area contributed by atoms with Gasteiger partial charge in [0.05, 0.1) is 18.2 Å². The lowest BCUT2D eigenvalue weighted by molar-refractivity contribution is -0.136. The number of alkyl halides is 3. The average Bonchev–Trinajstić information content (AvgIpc) is 2.91. The predicted octanol–water partition coefficient (Wildman–Crippen LogP) is 7.84. The van der Waals surface area contributed by atoms with Gasteiger partial charge in [0.2, 0.25) is 0 Å². The van der Waals surface area contributed by atoms with Crippen LogP contribution in [-0.2, 0) is 19.1 Å². The number of aromatic nitrogens is 1. The Bertz CT molecular complexity index is 1580. The van der Waals surface area contributed by atoms with Gasteiger partial charge in [0, 0.05) is 23.8 Å². The minimum Gasteiger partial charge on any atom is -0.504 e. The number of nitrogens with zero attached hydrogens (tertiary/aromatic N) is 1. The minimum absolute atomic E-state index is 0.0508. The first-order valence-corrected chi connectivity index (χ1v) is 12.1. The summed E-state index contributed by atoms with van der Waals surface area (Å²) in [6.07, 6.45) is -2.43. The highest BCUT2D eigenvalue weighted by atomic mass is 19.4. The second-order valence-electron chi connectivity index (χ2n) is 8.96. The van der Waals surface area contributed by atoms with E-state index in [2.05, 4.69) is 10.3 Å². The number of methoxy groups -OCH3 is 1. The Morgan fingerprint density at radius 3 is 2.39 bits per heavy atom. The number of phenolic OH excluding ortho intramolecular Hbond substituents is 1. The molecule has 0 aliphatic carbocycles. The van der Waals surface area contributed by atoms with Gasteiger partial charge in [-0.05, 0) is 64.6 Å². The zero-order valence-electron chi connectivity index (χ0n) is 20.6. The molecule has 38 heavy (non-hydrogen) atoms. The monoisotopic (exact) mass is 514 g/mol. The van der Waals surface area contributed by atoms with E-state index in [1.165, 1.54) is 13.2 Å². The number of pyridine rings is 1. The number of rotatable bonds is 7. The van der Waals surface area contributed by atoms with Crippen molar-refractivity contribution in [2.24, 2.45) is 0 Å². The van der Waals surface area contributed by atoms with E-state index in [1.54, 1.807) is 24.4 Å². The van der Waals surface area contributed by atoms with Crippen molar-refractivity contribution in [2.75, 3.05) is 12.4 Å². The summed E-state index contributed by atoms with van der Waals surface area (Å²) in [5.41, 5.74) is 4.19. The first-order chi connectivity index (χ1) is 18.3. The molecule has 0 aliphatic rings.